The Bertz CT molecular complexity index is 443. The number of hydrogen-bond donors (Lipinski definition) is 0. The molecule has 0 N–H and O–H groups in total. The number of carbonyl (C=O) groups is 2. The second kappa shape index (κ2) is 4.20. The molecule has 4 heteroatoms. The van der Waals surface area contributed by atoms with Crippen molar-refractivity contribution in [2.24, 2.45) is 0 Å². The Kier molecular flexibility index (Phi) is 2.88. The van der Waals surface area contributed by atoms with E-state index in [9.17, 15) is 9.59 Å². The monoisotopic (exact) mass is 233 g/mol. The molecule has 1 heterocycles. The molecule has 1 aromatic rings. The lowest BCUT2D eigenvalue weighted by atomic mass is 10.1. The third-order valence-electron chi connectivity index (χ3n) is 3.01. The molecule has 17 heavy (non-hydrogen) atoms. The average molecular weight is 233 g/mol. The second-order valence-corrected chi connectivity index (χ2v) is 4.06. The van der Waals surface area contributed by atoms with E-state index >= 15 is 0 Å². The first-order valence-corrected chi connectivity index (χ1v) is 5.64. The Hall–Kier alpha value is -1.84. The largest absolute Gasteiger partial charge is 0.464 e. The van der Waals surface area contributed by atoms with E-state index in [-0.39, 0.29) is 12.4 Å². The van der Waals surface area contributed by atoms with E-state index in [0.29, 0.717) is 6.54 Å². The van der Waals surface area contributed by atoms with Crippen LogP contribution in [-0.2, 0) is 14.3 Å². The third kappa shape index (κ3) is 1.79. The number of rotatable bonds is 4. The number of anilines is 1. The van der Waals surface area contributed by atoms with Crippen LogP contribution in [0.5, 0.6) is 0 Å². The van der Waals surface area contributed by atoms with E-state index < -0.39 is 11.5 Å². The Morgan fingerprint density at radius 2 is 2.00 bits per heavy atom. The Morgan fingerprint density at radius 3 is 2.53 bits per heavy atom. The molecule has 90 valence electrons. The molecule has 1 aromatic carbocycles. The molecule has 0 aliphatic carbocycles. The molecule has 0 saturated carbocycles. The van der Waals surface area contributed by atoms with E-state index in [1.54, 1.807) is 11.8 Å². The molecule has 0 aromatic heterocycles. The number of nitrogens with zero attached hydrogens (tertiary/aromatic N) is 1. The zero-order valence-corrected chi connectivity index (χ0v) is 9.97. The van der Waals surface area contributed by atoms with Crippen LogP contribution in [0.15, 0.2) is 30.3 Å². The lowest BCUT2D eigenvalue weighted by Crippen LogP contribution is -2.38. The molecule has 4 nitrogen and oxygen atoms in total. The normalized spacial score (nSPS) is 22.1. The number of ether oxygens (including phenoxy) is 1. The highest BCUT2D eigenvalue weighted by Crippen LogP contribution is 2.39. The first-order chi connectivity index (χ1) is 8.13. The van der Waals surface area contributed by atoms with Crippen LogP contribution < -0.4 is 4.90 Å². The summed E-state index contributed by atoms with van der Waals surface area (Å²) < 4.78 is 4.98. The first-order valence-electron chi connectivity index (χ1n) is 5.64. The van der Waals surface area contributed by atoms with Gasteiger partial charge in [0.2, 0.25) is 5.54 Å². The molecule has 0 bridgehead atoms. The van der Waals surface area contributed by atoms with Gasteiger partial charge < -0.3 is 9.64 Å². The molecular formula is C13H15NO3. The van der Waals surface area contributed by atoms with Gasteiger partial charge in [-0.1, -0.05) is 18.2 Å². The molecule has 1 aliphatic rings. The molecule has 1 saturated heterocycles. The maximum Gasteiger partial charge on any atom is 0.341 e. The molecule has 0 radical (unpaired) electrons. The topological polar surface area (TPSA) is 46.4 Å². The van der Waals surface area contributed by atoms with Gasteiger partial charge >= 0.3 is 5.97 Å². The third-order valence-corrected chi connectivity index (χ3v) is 3.01. The quantitative estimate of drug-likeness (QED) is 0.448. The smallest absolute Gasteiger partial charge is 0.341 e. The van der Waals surface area contributed by atoms with Crippen molar-refractivity contribution in [1.82, 2.24) is 0 Å². The van der Waals surface area contributed by atoms with Crippen LogP contribution >= 0.6 is 0 Å². The highest BCUT2D eigenvalue weighted by molar-refractivity contribution is 6.16. The number of ketones is 1. The summed E-state index contributed by atoms with van der Waals surface area (Å²) in [4.78, 5) is 25.3. The standard InChI is InChI=1S/C13H15NO3/c1-3-17-12(16)13(10(2)15)9-14(13)11-7-5-4-6-8-11/h4-8H,3,9H2,1-2H3. The first kappa shape index (κ1) is 11.6. The fourth-order valence-electron chi connectivity index (χ4n) is 1.98. The van der Waals surface area contributed by atoms with Gasteiger partial charge in [-0.3, -0.25) is 4.79 Å². The summed E-state index contributed by atoms with van der Waals surface area (Å²) in [6, 6.07) is 9.41. The molecule has 0 amide bonds. The van der Waals surface area contributed by atoms with E-state index in [2.05, 4.69) is 0 Å². The van der Waals surface area contributed by atoms with E-state index in [4.69, 9.17) is 4.74 Å². The molecular weight excluding hydrogens is 218 g/mol. The van der Waals surface area contributed by atoms with E-state index in [1.165, 1.54) is 6.92 Å². The minimum absolute atomic E-state index is 0.167. The summed E-state index contributed by atoms with van der Waals surface area (Å²) in [5, 5.41) is 0. The summed E-state index contributed by atoms with van der Waals surface area (Å²) >= 11 is 0. The van der Waals surface area contributed by atoms with Crippen molar-refractivity contribution in [1.29, 1.82) is 0 Å². The van der Waals surface area contributed by atoms with Crippen LogP contribution in [0.25, 0.3) is 0 Å². The number of para-hydroxylation sites is 1. The number of carbonyl (C=O) groups excluding carboxylic acids is 2. The van der Waals surface area contributed by atoms with Gasteiger partial charge in [0.15, 0.2) is 5.78 Å². The van der Waals surface area contributed by atoms with Gasteiger partial charge in [0.25, 0.3) is 0 Å². The van der Waals surface area contributed by atoms with Gasteiger partial charge in [-0.2, -0.15) is 0 Å². The second-order valence-electron chi connectivity index (χ2n) is 4.06. The van der Waals surface area contributed by atoms with Crippen molar-refractivity contribution in [3.63, 3.8) is 0 Å². The van der Waals surface area contributed by atoms with Crippen molar-refractivity contribution in [2.75, 3.05) is 18.1 Å². The number of esters is 1. The van der Waals surface area contributed by atoms with Crippen molar-refractivity contribution in [3.05, 3.63) is 30.3 Å². The molecule has 2 rings (SSSR count). The highest BCUT2D eigenvalue weighted by atomic mass is 16.5. The summed E-state index contributed by atoms with van der Waals surface area (Å²) in [7, 11) is 0. The van der Waals surface area contributed by atoms with Crippen LogP contribution in [0.2, 0.25) is 0 Å². The Labute approximate surface area is 100 Å². The summed E-state index contributed by atoms with van der Waals surface area (Å²) in [6.45, 7) is 3.86. The lowest BCUT2D eigenvalue weighted by molar-refractivity contribution is -0.148. The zero-order chi connectivity index (χ0) is 12.5. The summed E-state index contributed by atoms with van der Waals surface area (Å²) in [5.74, 6) is -0.615. The van der Waals surface area contributed by atoms with Gasteiger partial charge in [0.05, 0.1) is 13.2 Å². The minimum Gasteiger partial charge on any atom is -0.464 e. The number of benzene rings is 1. The summed E-state index contributed by atoms with van der Waals surface area (Å²) in [5.41, 5.74) is -0.215. The van der Waals surface area contributed by atoms with Gasteiger partial charge in [-0.15, -0.1) is 0 Å². The Balaban J connectivity index is 2.25. The van der Waals surface area contributed by atoms with Gasteiger partial charge in [-0.25, -0.2) is 4.79 Å². The maximum atomic E-state index is 11.9. The Morgan fingerprint density at radius 1 is 1.35 bits per heavy atom. The van der Waals surface area contributed by atoms with E-state index in [1.807, 2.05) is 30.3 Å². The van der Waals surface area contributed by atoms with Crippen molar-refractivity contribution < 1.29 is 14.3 Å². The number of Topliss-reactive ketones (excluding diaryl/α,β-unsaturated/α-hetero) is 1. The minimum atomic E-state index is -1.09. The van der Waals surface area contributed by atoms with Gasteiger partial charge in [-0.05, 0) is 26.0 Å². The molecule has 0 spiro atoms. The predicted molar refractivity (Wildman–Crippen MR) is 63.8 cm³/mol. The van der Waals surface area contributed by atoms with Crippen LogP contribution in [-0.4, -0.2) is 30.4 Å². The van der Waals surface area contributed by atoms with Crippen LogP contribution in [0.1, 0.15) is 13.8 Å². The number of hydrogen-bond acceptors (Lipinski definition) is 4. The van der Waals surface area contributed by atoms with E-state index in [0.717, 1.165) is 5.69 Å². The zero-order valence-electron chi connectivity index (χ0n) is 9.97. The lowest BCUT2D eigenvalue weighted by Gasteiger charge is -2.14. The van der Waals surface area contributed by atoms with Gasteiger partial charge in [0, 0.05) is 5.69 Å². The molecule has 1 fully saturated rings. The predicted octanol–water partition coefficient (Wildman–Crippen LogP) is 1.40. The van der Waals surface area contributed by atoms with Crippen LogP contribution in [0, 0.1) is 0 Å². The highest BCUT2D eigenvalue weighted by Gasteiger charge is 2.63. The van der Waals surface area contributed by atoms with Crippen molar-refractivity contribution in [3.8, 4) is 0 Å². The van der Waals surface area contributed by atoms with Crippen molar-refractivity contribution in [2.45, 2.75) is 19.4 Å². The maximum absolute atomic E-state index is 11.9. The van der Waals surface area contributed by atoms with Crippen molar-refractivity contribution >= 4 is 17.4 Å². The van der Waals surface area contributed by atoms with Crippen LogP contribution in [0.4, 0.5) is 5.69 Å². The molecule has 1 unspecified atom stereocenters. The van der Waals surface area contributed by atoms with Gasteiger partial charge in [0.1, 0.15) is 0 Å². The fourth-order valence-corrected chi connectivity index (χ4v) is 1.98. The fraction of sp³-hybridized carbons (Fsp3) is 0.385. The average Bonchev–Trinajstić information content (AvgIpc) is 3.07. The summed E-state index contributed by atoms with van der Waals surface area (Å²) in [6.07, 6.45) is 0. The molecule has 1 atom stereocenters. The molecule has 1 aliphatic heterocycles. The SMILES string of the molecule is CCOC(=O)C1(C(C)=O)CN1c1ccccc1. The van der Waals surface area contributed by atoms with Crippen LogP contribution in [0.3, 0.4) is 0 Å².